The van der Waals surface area contributed by atoms with Gasteiger partial charge in [-0.05, 0) is 73.1 Å². The van der Waals surface area contributed by atoms with Crippen LogP contribution in [0, 0.1) is 5.82 Å². The molecule has 0 saturated carbocycles. The number of fused-ring (bicyclic) bond motifs is 2. The van der Waals surface area contributed by atoms with Gasteiger partial charge in [0.25, 0.3) is 0 Å². The second-order valence-electron chi connectivity index (χ2n) is 8.36. The van der Waals surface area contributed by atoms with E-state index in [4.69, 9.17) is 0 Å². The zero-order valence-corrected chi connectivity index (χ0v) is 18.0. The van der Waals surface area contributed by atoms with E-state index >= 15 is 0 Å². The van der Waals surface area contributed by atoms with Crippen LogP contribution in [-0.2, 0) is 0 Å². The second kappa shape index (κ2) is 8.03. The van der Waals surface area contributed by atoms with Crippen molar-refractivity contribution in [1.82, 2.24) is 0 Å². The first-order valence-electron chi connectivity index (χ1n) is 11.1. The minimum atomic E-state index is -0.218. The van der Waals surface area contributed by atoms with Crippen molar-refractivity contribution < 1.29 is 4.39 Å². The zero-order chi connectivity index (χ0) is 22.2. The molecule has 0 unspecified atom stereocenters. The number of benzene rings is 6. The summed E-state index contributed by atoms with van der Waals surface area (Å²) in [4.78, 5) is 0. The summed E-state index contributed by atoms with van der Waals surface area (Å²) >= 11 is 0. The van der Waals surface area contributed by atoms with E-state index in [1.54, 1.807) is 12.1 Å². The summed E-state index contributed by atoms with van der Waals surface area (Å²) in [6.07, 6.45) is 0. The minimum absolute atomic E-state index is 0.218. The summed E-state index contributed by atoms with van der Waals surface area (Å²) in [5.74, 6) is -0.218. The molecule has 33 heavy (non-hydrogen) atoms. The number of hydrogen-bond donors (Lipinski definition) is 0. The van der Waals surface area contributed by atoms with E-state index in [2.05, 4.69) is 97.1 Å². The maximum atomic E-state index is 13.9. The lowest BCUT2D eigenvalue weighted by atomic mass is 9.91. The fourth-order valence-electron chi connectivity index (χ4n) is 4.67. The van der Waals surface area contributed by atoms with Crippen LogP contribution in [0.3, 0.4) is 0 Å². The molecule has 156 valence electrons. The van der Waals surface area contributed by atoms with Crippen molar-refractivity contribution in [3.8, 4) is 33.4 Å². The van der Waals surface area contributed by atoms with E-state index < -0.39 is 0 Å². The Kier molecular flexibility index (Phi) is 4.74. The maximum absolute atomic E-state index is 13.9. The molecule has 0 radical (unpaired) electrons. The molecule has 0 amide bonds. The van der Waals surface area contributed by atoms with Crippen molar-refractivity contribution in [3.05, 3.63) is 133 Å². The number of hydrogen-bond acceptors (Lipinski definition) is 0. The van der Waals surface area contributed by atoms with Gasteiger partial charge in [0.2, 0.25) is 0 Å². The quantitative estimate of drug-likeness (QED) is 0.266. The summed E-state index contributed by atoms with van der Waals surface area (Å²) < 4.78 is 13.9. The first-order valence-corrected chi connectivity index (χ1v) is 11.1. The Morgan fingerprint density at radius 1 is 0.364 bits per heavy atom. The predicted molar refractivity (Wildman–Crippen MR) is 138 cm³/mol. The van der Waals surface area contributed by atoms with Crippen LogP contribution in [0.25, 0.3) is 54.9 Å². The smallest absolute Gasteiger partial charge is 0.123 e. The lowest BCUT2D eigenvalue weighted by Gasteiger charge is -2.13. The molecule has 0 bridgehead atoms. The predicted octanol–water partition coefficient (Wildman–Crippen LogP) is 9.13. The maximum Gasteiger partial charge on any atom is 0.123 e. The largest absolute Gasteiger partial charge is 0.207 e. The highest BCUT2D eigenvalue weighted by molar-refractivity contribution is 6.05. The van der Waals surface area contributed by atoms with Crippen LogP contribution in [0.2, 0.25) is 0 Å². The van der Waals surface area contributed by atoms with Gasteiger partial charge in [-0.1, -0.05) is 109 Å². The molecule has 1 heteroatoms. The molecule has 0 aromatic heterocycles. The molecule has 6 aromatic rings. The molecule has 0 fully saturated rings. The zero-order valence-electron chi connectivity index (χ0n) is 18.0. The highest BCUT2D eigenvalue weighted by Gasteiger charge is 2.10. The van der Waals surface area contributed by atoms with Crippen LogP contribution in [0.4, 0.5) is 4.39 Å². The van der Waals surface area contributed by atoms with Crippen molar-refractivity contribution in [2.45, 2.75) is 0 Å². The normalized spacial score (nSPS) is 11.2. The van der Waals surface area contributed by atoms with Crippen LogP contribution >= 0.6 is 0 Å². The lowest BCUT2D eigenvalue weighted by Crippen LogP contribution is -1.87. The van der Waals surface area contributed by atoms with E-state index in [1.165, 1.54) is 39.1 Å². The van der Waals surface area contributed by atoms with E-state index in [0.717, 1.165) is 21.9 Å². The molecular weight excluding hydrogens is 403 g/mol. The average molecular weight is 425 g/mol. The van der Waals surface area contributed by atoms with Gasteiger partial charge in [0, 0.05) is 0 Å². The van der Waals surface area contributed by atoms with E-state index in [9.17, 15) is 4.39 Å². The van der Waals surface area contributed by atoms with Crippen molar-refractivity contribution >= 4 is 21.5 Å². The molecule has 0 aliphatic rings. The first-order chi connectivity index (χ1) is 16.3. The molecule has 0 nitrogen and oxygen atoms in total. The fourth-order valence-corrected chi connectivity index (χ4v) is 4.67. The Bertz CT molecular complexity index is 1610. The van der Waals surface area contributed by atoms with Gasteiger partial charge in [-0.15, -0.1) is 0 Å². The molecule has 0 N–H and O–H groups in total. The lowest BCUT2D eigenvalue weighted by molar-refractivity contribution is 0.628. The summed E-state index contributed by atoms with van der Waals surface area (Å²) in [5, 5.41) is 4.79. The Hall–Kier alpha value is -4.23. The van der Waals surface area contributed by atoms with Crippen LogP contribution in [0.5, 0.6) is 0 Å². The van der Waals surface area contributed by atoms with Gasteiger partial charge >= 0.3 is 0 Å². The Morgan fingerprint density at radius 3 is 1.70 bits per heavy atom. The van der Waals surface area contributed by atoms with Crippen molar-refractivity contribution in [2.24, 2.45) is 0 Å². The summed E-state index contributed by atoms with van der Waals surface area (Å²) in [6, 6.07) is 43.2. The van der Waals surface area contributed by atoms with Crippen LogP contribution < -0.4 is 0 Å². The molecular formula is C32H21F. The van der Waals surface area contributed by atoms with Gasteiger partial charge in [0.15, 0.2) is 0 Å². The van der Waals surface area contributed by atoms with Gasteiger partial charge in [-0.25, -0.2) is 4.39 Å². The molecule has 0 aliphatic carbocycles. The molecule has 0 atom stereocenters. The SMILES string of the molecule is Fc1cccc(-c2ccc(-c3ccc(-c4ccc5ccccc5c4)cc3)c3ccccc23)c1. The van der Waals surface area contributed by atoms with E-state index in [-0.39, 0.29) is 5.82 Å². The summed E-state index contributed by atoms with van der Waals surface area (Å²) in [7, 11) is 0. The summed E-state index contributed by atoms with van der Waals surface area (Å²) in [6.45, 7) is 0. The van der Waals surface area contributed by atoms with Crippen molar-refractivity contribution in [2.75, 3.05) is 0 Å². The van der Waals surface area contributed by atoms with E-state index in [1.807, 2.05) is 12.1 Å². The van der Waals surface area contributed by atoms with Crippen LogP contribution in [-0.4, -0.2) is 0 Å². The summed E-state index contributed by atoms with van der Waals surface area (Å²) in [5.41, 5.74) is 6.69. The number of halogens is 1. The fraction of sp³-hybridized carbons (Fsp3) is 0. The molecule has 0 aliphatic heterocycles. The standard InChI is InChI=1S/C32H21F/c33-28-9-5-8-27(21-28)30-19-18-29(31-10-3-4-11-32(30)31)24-15-12-23(13-16-24)26-17-14-22-6-1-2-7-25(22)20-26/h1-21H. The molecule has 0 heterocycles. The van der Waals surface area contributed by atoms with Gasteiger partial charge in [0.05, 0.1) is 0 Å². The van der Waals surface area contributed by atoms with Crippen molar-refractivity contribution in [3.63, 3.8) is 0 Å². The highest BCUT2D eigenvalue weighted by Crippen LogP contribution is 2.36. The second-order valence-corrected chi connectivity index (χ2v) is 8.36. The van der Waals surface area contributed by atoms with Gasteiger partial charge in [-0.3, -0.25) is 0 Å². The topological polar surface area (TPSA) is 0 Å². The third-order valence-electron chi connectivity index (χ3n) is 6.34. The van der Waals surface area contributed by atoms with Gasteiger partial charge in [0.1, 0.15) is 5.82 Å². The number of rotatable bonds is 3. The Labute approximate surface area is 192 Å². The average Bonchev–Trinajstić information content (AvgIpc) is 2.88. The van der Waals surface area contributed by atoms with Crippen molar-refractivity contribution in [1.29, 1.82) is 0 Å². The Balaban J connectivity index is 1.43. The third kappa shape index (κ3) is 3.58. The molecule has 0 saturated heterocycles. The van der Waals surface area contributed by atoms with Gasteiger partial charge < -0.3 is 0 Å². The first kappa shape index (κ1) is 19.5. The van der Waals surface area contributed by atoms with E-state index in [0.29, 0.717) is 0 Å². The molecule has 6 rings (SSSR count). The third-order valence-corrected chi connectivity index (χ3v) is 6.34. The van der Waals surface area contributed by atoms with Gasteiger partial charge in [-0.2, -0.15) is 0 Å². The van der Waals surface area contributed by atoms with Crippen LogP contribution in [0.1, 0.15) is 0 Å². The van der Waals surface area contributed by atoms with Crippen LogP contribution in [0.15, 0.2) is 127 Å². The minimum Gasteiger partial charge on any atom is -0.207 e. The Morgan fingerprint density at radius 2 is 0.970 bits per heavy atom. The monoisotopic (exact) mass is 424 g/mol. The highest BCUT2D eigenvalue weighted by atomic mass is 19.1. The molecule has 0 spiro atoms. The molecule has 6 aromatic carbocycles.